The molecule has 1 heterocycles. The van der Waals surface area contributed by atoms with Gasteiger partial charge in [0.1, 0.15) is 22.3 Å². The van der Waals surface area contributed by atoms with E-state index in [1.165, 1.54) is 11.3 Å². The Hall–Kier alpha value is -1.24. The van der Waals surface area contributed by atoms with Gasteiger partial charge in [-0.05, 0) is 31.2 Å². The molecule has 2 aromatic rings. The first-order chi connectivity index (χ1) is 9.38. The Bertz CT molecular complexity index is 635. The zero-order valence-electron chi connectivity index (χ0n) is 10.4. The Labute approximate surface area is 129 Å². The van der Waals surface area contributed by atoms with E-state index < -0.39 is 11.6 Å². The Balaban J connectivity index is 2.27. The van der Waals surface area contributed by atoms with Crippen molar-refractivity contribution in [1.82, 2.24) is 0 Å². The molecule has 0 saturated heterocycles. The third-order valence-corrected chi connectivity index (χ3v) is 4.36. The topological polar surface area (TPSA) is 38.0 Å². The summed E-state index contributed by atoms with van der Waals surface area (Å²) in [5, 5.41) is 2.79. The smallest absolute Gasteiger partial charge is 0.150 e. The lowest BCUT2D eigenvalue weighted by Gasteiger charge is -2.15. The van der Waals surface area contributed by atoms with E-state index in [1.54, 1.807) is 13.0 Å². The van der Waals surface area contributed by atoms with Crippen LogP contribution in [0.1, 0.15) is 23.4 Å². The minimum atomic E-state index is -0.734. The van der Waals surface area contributed by atoms with Crippen LogP contribution in [0.5, 0.6) is 0 Å². The van der Waals surface area contributed by atoms with Gasteiger partial charge in [0.2, 0.25) is 0 Å². The van der Waals surface area contributed by atoms with Gasteiger partial charge in [-0.15, -0.1) is 11.3 Å². The highest BCUT2D eigenvalue weighted by Gasteiger charge is 2.16. The highest BCUT2D eigenvalue weighted by molar-refractivity contribution is 7.80. The van der Waals surface area contributed by atoms with Crippen LogP contribution in [0.4, 0.5) is 14.5 Å². The van der Waals surface area contributed by atoms with Crippen molar-refractivity contribution in [3.63, 3.8) is 0 Å². The van der Waals surface area contributed by atoms with Crippen LogP contribution in [-0.2, 0) is 0 Å². The first-order valence-corrected chi connectivity index (χ1v) is 7.29. The van der Waals surface area contributed by atoms with Gasteiger partial charge < -0.3 is 11.1 Å². The van der Waals surface area contributed by atoms with Crippen LogP contribution in [0.2, 0.25) is 4.34 Å². The van der Waals surface area contributed by atoms with Gasteiger partial charge in [0.05, 0.1) is 10.4 Å². The molecule has 1 aromatic heterocycles. The van der Waals surface area contributed by atoms with E-state index in [4.69, 9.17) is 29.6 Å². The van der Waals surface area contributed by atoms with Crippen molar-refractivity contribution in [2.75, 3.05) is 5.32 Å². The summed E-state index contributed by atoms with van der Waals surface area (Å²) in [7, 11) is 0. The van der Waals surface area contributed by atoms with Gasteiger partial charge >= 0.3 is 0 Å². The standard InChI is InChI=1S/C13H11ClF2N2S2/c1-6(10-2-3-11(14)20-10)18-12-8(15)4-7(13(17)19)5-9(12)16/h2-6,18H,1H3,(H2,17,19). The summed E-state index contributed by atoms with van der Waals surface area (Å²) in [6.45, 7) is 1.79. The summed E-state index contributed by atoms with van der Waals surface area (Å²) in [5.41, 5.74) is 5.31. The van der Waals surface area contributed by atoms with Gasteiger partial charge in [-0.1, -0.05) is 23.8 Å². The highest BCUT2D eigenvalue weighted by atomic mass is 35.5. The van der Waals surface area contributed by atoms with E-state index in [-0.39, 0.29) is 22.3 Å². The molecule has 2 nitrogen and oxygen atoms in total. The van der Waals surface area contributed by atoms with Crippen molar-refractivity contribution in [3.8, 4) is 0 Å². The summed E-state index contributed by atoms with van der Waals surface area (Å²) < 4.78 is 28.4. The maximum atomic E-state index is 13.9. The van der Waals surface area contributed by atoms with Gasteiger partial charge in [0, 0.05) is 10.4 Å². The molecule has 20 heavy (non-hydrogen) atoms. The molecule has 0 saturated carbocycles. The van der Waals surface area contributed by atoms with E-state index >= 15 is 0 Å². The van der Waals surface area contributed by atoms with Gasteiger partial charge in [0.15, 0.2) is 0 Å². The molecule has 2 rings (SSSR count). The molecule has 7 heteroatoms. The van der Waals surface area contributed by atoms with Crippen molar-refractivity contribution in [2.24, 2.45) is 5.73 Å². The van der Waals surface area contributed by atoms with Crippen molar-refractivity contribution in [1.29, 1.82) is 0 Å². The minimum Gasteiger partial charge on any atom is -0.389 e. The second-order valence-corrected chi connectivity index (χ2v) is 6.37. The fourth-order valence-electron chi connectivity index (χ4n) is 1.70. The van der Waals surface area contributed by atoms with Crippen LogP contribution in [0, 0.1) is 11.6 Å². The predicted molar refractivity (Wildman–Crippen MR) is 83.6 cm³/mol. The molecular weight excluding hydrogens is 322 g/mol. The Morgan fingerprint density at radius 3 is 2.40 bits per heavy atom. The second-order valence-electron chi connectivity index (χ2n) is 4.19. The van der Waals surface area contributed by atoms with Crippen molar-refractivity contribution < 1.29 is 8.78 Å². The number of halogens is 3. The summed E-state index contributed by atoms with van der Waals surface area (Å²) in [6, 6.07) is 5.50. The largest absolute Gasteiger partial charge is 0.389 e. The third kappa shape index (κ3) is 3.26. The normalized spacial score (nSPS) is 12.2. The molecule has 0 fully saturated rings. The SMILES string of the molecule is CC(Nc1c(F)cc(C(N)=S)cc1F)c1ccc(Cl)s1. The van der Waals surface area contributed by atoms with Crippen LogP contribution >= 0.6 is 35.2 Å². The molecule has 1 atom stereocenters. The van der Waals surface area contributed by atoms with Crippen LogP contribution in [0.3, 0.4) is 0 Å². The zero-order valence-corrected chi connectivity index (χ0v) is 12.8. The Morgan fingerprint density at radius 1 is 1.35 bits per heavy atom. The molecule has 0 aliphatic carbocycles. The molecule has 3 N–H and O–H groups in total. The van der Waals surface area contributed by atoms with Gasteiger partial charge in [-0.25, -0.2) is 8.78 Å². The average molecular weight is 333 g/mol. The summed E-state index contributed by atoms with van der Waals surface area (Å²) in [5.74, 6) is -1.47. The molecule has 0 aliphatic rings. The lowest BCUT2D eigenvalue weighted by Crippen LogP contribution is -2.13. The minimum absolute atomic E-state index is 0.0487. The fourth-order valence-corrected chi connectivity index (χ4v) is 2.88. The lowest BCUT2D eigenvalue weighted by atomic mass is 10.1. The first kappa shape index (κ1) is 15.2. The molecule has 1 unspecified atom stereocenters. The van der Waals surface area contributed by atoms with E-state index in [0.29, 0.717) is 4.34 Å². The van der Waals surface area contributed by atoms with Gasteiger partial charge in [0.25, 0.3) is 0 Å². The summed E-state index contributed by atoms with van der Waals surface area (Å²) in [4.78, 5) is 0.833. The van der Waals surface area contributed by atoms with Crippen LogP contribution in [0.25, 0.3) is 0 Å². The van der Waals surface area contributed by atoms with Crippen LogP contribution in [-0.4, -0.2) is 4.99 Å². The molecular formula is C13H11ClF2N2S2. The fraction of sp³-hybridized carbons (Fsp3) is 0.154. The summed E-state index contributed by atoms with van der Waals surface area (Å²) in [6.07, 6.45) is 0. The number of nitrogens with two attached hydrogens (primary N) is 1. The highest BCUT2D eigenvalue weighted by Crippen LogP contribution is 2.31. The number of hydrogen-bond acceptors (Lipinski definition) is 3. The average Bonchev–Trinajstić information content (AvgIpc) is 2.80. The molecule has 0 amide bonds. The van der Waals surface area contributed by atoms with E-state index in [0.717, 1.165) is 17.0 Å². The third-order valence-electron chi connectivity index (χ3n) is 2.71. The summed E-state index contributed by atoms with van der Waals surface area (Å²) >= 11 is 11.9. The zero-order chi connectivity index (χ0) is 14.9. The maximum absolute atomic E-state index is 13.9. The van der Waals surface area contributed by atoms with E-state index in [2.05, 4.69) is 5.32 Å². The number of benzene rings is 1. The van der Waals surface area contributed by atoms with Gasteiger partial charge in [-0.3, -0.25) is 0 Å². The number of thiophene rings is 1. The predicted octanol–water partition coefficient (Wildman–Crippen LogP) is 4.49. The molecule has 0 bridgehead atoms. The number of rotatable bonds is 4. The molecule has 0 aliphatic heterocycles. The quantitative estimate of drug-likeness (QED) is 0.810. The molecule has 106 valence electrons. The van der Waals surface area contributed by atoms with E-state index in [9.17, 15) is 8.78 Å². The van der Waals surface area contributed by atoms with Crippen molar-refractivity contribution in [2.45, 2.75) is 13.0 Å². The Kier molecular flexibility index (Phi) is 4.57. The number of hydrogen-bond donors (Lipinski definition) is 2. The monoisotopic (exact) mass is 332 g/mol. The van der Waals surface area contributed by atoms with Crippen LogP contribution in [0.15, 0.2) is 24.3 Å². The number of anilines is 1. The van der Waals surface area contributed by atoms with Crippen LogP contribution < -0.4 is 11.1 Å². The van der Waals surface area contributed by atoms with Gasteiger partial charge in [-0.2, -0.15) is 0 Å². The number of thiocarbonyl (C=S) groups is 1. The first-order valence-electron chi connectivity index (χ1n) is 5.69. The molecule has 0 radical (unpaired) electrons. The molecule has 0 spiro atoms. The Morgan fingerprint density at radius 2 is 1.95 bits per heavy atom. The lowest BCUT2D eigenvalue weighted by molar-refractivity contribution is 0.584. The van der Waals surface area contributed by atoms with E-state index in [1.807, 2.05) is 6.07 Å². The molecule has 1 aromatic carbocycles. The second kappa shape index (κ2) is 6.03. The maximum Gasteiger partial charge on any atom is 0.150 e. The van der Waals surface area contributed by atoms with Crippen molar-refractivity contribution >= 4 is 45.8 Å². The number of nitrogens with one attached hydrogen (secondary N) is 1. The van der Waals surface area contributed by atoms with Crippen molar-refractivity contribution in [3.05, 3.63) is 50.7 Å².